The smallest absolute Gasteiger partial charge is 0.0542 e. The molecule has 0 aliphatic carbocycles. The number of fused-ring (bicyclic) bond motifs is 4. The van der Waals surface area contributed by atoms with E-state index in [1.54, 1.807) is 0 Å². The molecule has 0 spiro atoms. The van der Waals surface area contributed by atoms with Crippen LogP contribution in [0, 0.1) is 6.92 Å². The van der Waals surface area contributed by atoms with Gasteiger partial charge in [-0.15, -0.1) is 0 Å². The first-order valence-corrected chi connectivity index (χ1v) is 10.3. The van der Waals surface area contributed by atoms with Crippen LogP contribution in [0.5, 0.6) is 0 Å². The largest absolute Gasteiger partial charge is 0.341 e. The fourth-order valence-corrected chi connectivity index (χ4v) is 4.78. The first-order valence-electron chi connectivity index (χ1n) is 10.3. The normalized spacial score (nSPS) is 13.3. The lowest BCUT2D eigenvalue weighted by Gasteiger charge is -2.20. The van der Waals surface area contributed by atoms with Crippen LogP contribution in [0.1, 0.15) is 11.1 Å². The lowest BCUT2D eigenvalue weighted by molar-refractivity contribution is 0.999. The number of anilines is 2. The minimum absolute atomic E-state index is 1.04. The van der Waals surface area contributed by atoms with Crippen molar-refractivity contribution < 1.29 is 0 Å². The average Bonchev–Trinajstić information content (AvgIpc) is 3.32. The fraction of sp³-hybridized carbons (Fsp3) is 0.111. The molecule has 0 N–H and O–H groups in total. The zero-order valence-electron chi connectivity index (χ0n) is 16.5. The maximum atomic E-state index is 2.46. The van der Waals surface area contributed by atoms with Crippen molar-refractivity contribution >= 4 is 33.2 Å². The van der Waals surface area contributed by atoms with Crippen molar-refractivity contribution in [1.82, 2.24) is 4.57 Å². The maximum absolute atomic E-state index is 2.46. The van der Waals surface area contributed by atoms with Crippen LogP contribution in [0.15, 0.2) is 91.0 Å². The lowest BCUT2D eigenvalue weighted by Crippen LogP contribution is -2.12. The Balaban J connectivity index is 1.58. The molecule has 29 heavy (non-hydrogen) atoms. The van der Waals surface area contributed by atoms with E-state index in [1.165, 1.54) is 50.0 Å². The second-order valence-electron chi connectivity index (χ2n) is 7.92. The molecule has 140 valence electrons. The third-order valence-corrected chi connectivity index (χ3v) is 6.11. The summed E-state index contributed by atoms with van der Waals surface area (Å²) in [5, 5.41) is 2.61. The summed E-state index contributed by atoms with van der Waals surface area (Å²) >= 11 is 0. The monoisotopic (exact) mass is 374 g/mol. The van der Waals surface area contributed by atoms with E-state index in [2.05, 4.69) is 107 Å². The molecular weight excluding hydrogens is 352 g/mol. The van der Waals surface area contributed by atoms with Gasteiger partial charge in [-0.1, -0.05) is 54.1 Å². The molecule has 6 rings (SSSR count). The first kappa shape index (κ1) is 16.4. The SMILES string of the molecule is Cc1ccc2c(c1)CCN2c1ccc2c(c1)c1ccccc1n2-c1ccccc1. The van der Waals surface area contributed by atoms with Crippen molar-refractivity contribution in [3.8, 4) is 5.69 Å². The van der Waals surface area contributed by atoms with Gasteiger partial charge in [-0.2, -0.15) is 0 Å². The summed E-state index contributed by atoms with van der Waals surface area (Å²) in [6.07, 6.45) is 1.11. The van der Waals surface area contributed by atoms with Gasteiger partial charge in [-0.05, 0) is 61.4 Å². The van der Waals surface area contributed by atoms with E-state index in [4.69, 9.17) is 0 Å². The Hall–Kier alpha value is -3.52. The molecule has 5 aromatic rings. The quantitative estimate of drug-likeness (QED) is 0.330. The van der Waals surface area contributed by atoms with Gasteiger partial charge in [0.25, 0.3) is 0 Å². The van der Waals surface area contributed by atoms with Crippen LogP contribution in [0.4, 0.5) is 11.4 Å². The van der Waals surface area contributed by atoms with Crippen LogP contribution in [0.3, 0.4) is 0 Å². The second kappa shape index (κ2) is 6.25. The van der Waals surface area contributed by atoms with Crippen molar-refractivity contribution in [3.05, 3.63) is 102 Å². The summed E-state index contributed by atoms with van der Waals surface area (Å²) in [6, 6.07) is 33.1. The van der Waals surface area contributed by atoms with Crippen molar-refractivity contribution in [2.75, 3.05) is 11.4 Å². The van der Waals surface area contributed by atoms with Gasteiger partial charge in [0.05, 0.1) is 11.0 Å². The zero-order chi connectivity index (χ0) is 19.4. The Bertz CT molecular complexity index is 1360. The molecule has 0 radical (unpaired) electrons. The number of hydrogen-bond acceptors (Lipinski definition) is 1. The van der Waals surface area contributed by atoms with Crippen LogP contribution < -0.4 is 4.90 Å². The summed E-state index contributed by atoms with van der Waals surface area (Å²) in [5.74, 6) is 0. The third-order valence-electron chi connectivity index (χ3n) is 6.11. The summed E-state index contributed by atoms with van der Waals surface area (Å²) < 4.78 is 2.37. The van der Waals surface area contributed by atoms with Crippen molar-refractivity contribution in [1.29, 1.82) is 0 Å². The Kier molecular flexibility index (Phi) is 3.54. The van der Waals surface area contributed by atoms with Crippen LogP contribution in [0.25, 0.3) is 27.5 Å². The molecule has 1 aliphatic rings. The van der Waals surface area contributed by atoms with E-state index < -0.39 is 0 Å². The number of aromatic nitrogens is 1. The van der Waals surface area contributed by atoms with Gasteiger partial charge < -0.3 is 9.47 Å². The highest BCUT2D eigenvalue weighted by Gasteiger charge is 2.21. The molecule has 2 nitrogen and oxygen atoms in total. The number of para-hydroxylation sites is 2. The Morgan fingerprint density at radius 2 is 1.45 bits per heavy atom. The van der Waals surface area contributed by atoms with Gasteiger partial charge >= 0.3 is 0 Å². The maximum Gasteiger partial charge on any atom is 0.0542 e. The Morgan fingerprint density at radius 1 is 0.655 bits per heavy atom. The number of rotatable bonds is 2. The molecule has 0 unspecified atom stereocenters. The average molecular weight is 374 g/mol. The van der Waals surface area contributed by atoms with Crippen LogP contribution >= 0.6 is 0 Å². The molecule has 0 atom stereocenters. The van der Waals surface area contributed by atoms with Gasteiger partial charge in [-0.3, -0.25) is 0 Å². The zero-order valence-corrected chi connectivity index (χ0v) is 16.5. The van der Waals surface area contributed by atoms with Crippen molar-refractivity contribution in [2.45, 2.75) is 13.3 Å². The highest BCUT2D eigenvalue weighted by Crippen LogP contribution is 2.39. The van der Waals surface area contributed by atoms with Gasteiger partial charge in [0.2, 0.25) is 0 Å². The van der Waals surface area contributed by atoms with Gasteiger partial charge in [0.15, 0.2) is 0 Å². The number of hydrogen-bond donors (Lipinski definition) is 0. The van der Waals surface area contributed by atoms with E-state index >= 15 is 0 Å². The molecule has 4 aromatic carbocycles. The number of aryl methyl sites for hydroxylation is 1. The van der Waals surface area contributed by atoms with Crippen molar-refractivity contribution in [2.24, 2.45) is 0 Å². The minimum atomic E-state index is 1.04. The first-order chi connectivity index (χ1) is 14.3. The fourth-order valence-electron chi connectivity index (χ4n) is 4.78. The molecular formula is C27H22N2. The van der Waals surface area contributed by atoms with Crippen LogP contribution in [-0.4, -0.2) is 11.1 Å². The van der Waals surface area contributed by atoms with Crippen LogP contribution in [-0.2, 0) is 6.42 Å². The van der Waals surface area contributed by atoms with Gasteiger partial charge in [0.1, 0.15) is 0 Å². The Labute approximate surface area is 170 Å². The van der Waals surface area contributed by atoms with E-state index in [0.29, 0.717) is 0 Å². The van der Waals surface area contributed by atoms with E-state index in [9.17, 15) is 0 Å². The number of nitrogens with zero attached hydrogens (tertiary/aromatic N) is 2. The van der Waals surface area contributed by atoms with E-state index in [-0.39, 0.29) is 0 Å². The molecule has 2 heteroatoms. The Morgan fingerprint density at radius 3 is 2.34 bits per heavy atom. The van der Waals surface area contributed by atoms with E-state index in [0.717, 1.165) is 13.0 Å². The van der Waals surface area contributed by atoms with Crippen molar-refractivity contribution in [3.63, 3.8) is 0 Å². The summed E-state index contributed by atoms with van der Waals surface area (Å²) in [6.45, 7) is 3.22. The van der Waals surface area contributed by atoms with Gasteiger partial charge in [0, 0.05) is 34.4 Å². The summed E-state index contributed by atoms with van der Waals surface area (Å²) in [7, 11) is 0. The minimum Gasteiger partial charge on any atom is -0.341 e. The third kappa shape index (κ3) is 2.49. The molecule has 0 saturated carbocycles. The predicted molar refractivity (Wildman–Crippen MR) is 123 cm³/mol. The summed E-state index contributed by atoms with van der Waals surface area (Å²) in [5.41, 5.74) is 9.13. The molecule has 0 bridgehead atoms. The molecule has 2 heterocycles. The van der Waals surface area contributed by atoms with Crippen LogP contribution in [0.2, 0.25) is 0 Å². The lowest BCUT2D eigenvalue weighted by atomic mass is 10.1. The highest BCUT2D eigenvalue weighted by molar-refractivity contribution is 6.10. The molecule has 0 amide bonds. The predicted octanol–water partition coefficient (Wildman–Crippen LogP) is 6.79. The van der Waals surface area contributed by atoms with E-state index in [1.807, 2.05) is 0 Å². The molecule has 1 aliphatic heterocycles. The molecule has 0 fully saturated rings. The topological polar surface area (TPSA) is 8.17 Å². The second-order valence-corrected chi connectivity index (χ2v) is 7.92. The number of benzene rings is 4. The molecule has 0 saturated heterocycles. The summed E-state index contributed by atoms with van der Waals surface area (Å²) in [4.78, 5) is 2.46. The molecule has 1 aromatic heterocycles. The van der Waals surface area contributed by atoms with Gasteiger partial charge in [-0.25, -0.2) is 0 Å². The highest BCUT2D eigenvalue weighted by atomic mass is 15.2. The standard InChI is InChI=1S/C27H22N2/c1-19-11-13-25-20(17-19)15-16-28(25)22-12-14-27-24(18-22)23-9-5-6-10-26(23)29(27)21-7-3-2-4-8-21/h2-14,17-18H,15-16H2,1H3.